The molecule has 1 heterocycles. The fourth-order valence-corrected chi connectivity index (χ4v) is 6.78. The number of hydrogen-bond acceptors (Lipinski definition) is 6. The highest BCUT2D eigenvalue weighted by molar-refractivity contribution is 8.18. The summed E-state index contributed by atoms with van der Waals surface area (Å²) in [5, 5.41) is 10.3. The second-order valence-electron chi connectivity index (χ2n) is 10.5. The number of nitrogens with zero attached hydrogens (tertiary/aromatic N) is 3. The molecule has 39 heavy (non-hydrogen) atoms. The topological polar surface area (TPSA) is 74.9 Å². The van der Waals surface area contributed by atoms with E-state index in [9.17, 15) is 10.1 Å². The van der Waals surface area contributed by atoms with E-state index >= 15 is 0 Å². The van der Waals surface area contributed by atoms with E-state index in [-0.39, 0.29) is 18.6 Å². The lowest BCUT2D eigenvalue weighted by Gasteiger charge is -2.31. The van der Waals surface area contributed by atoms with Crippen LogP contribution in [0.5, 0.6) is 11.5 Å². The summed E-state index contributed by atoms with van der Waals surface area (Å²) >= 11 is 1.53. The third-order valence-electron chi connectivity index (χ3n) is 7.73. The lowest BCUT2D eigenvalue weighted by molar-refractivity contribution is -0.124. The lowest BCUT2D eigenvalue weighted by atomic mass is 9.94. The van der Waals surface area contributed by atoms with Gasteiger partial charge in [-0.25, -0.2) is 0 Å². The van der Waals surface area contributed by atoms with E-state index < -0.39 is 0 Å². The Morgan fingerprint density at radius 1 is 1.00 bits per heavy atom. The van der Waals surface area contributed by atoms with Gasteiger partial charge in [0.05, 0.1) is 29.2 Å². The molecule has 204 valence electrons. The van der Waals surface area contributed by atoms with E-state index in [2.05, 4.69) is 6.07 Å². The molecule has 3 aliphatic rings. The second kappa shape index (κ2) is 13.2. The van der Waals surface area contributed by atoms with E-state index in [0.29, 0.717) is 34.6 Å². The van der Waals surface area contributed by atoms with E-state index in [1.165, 1.54) is 50.3 Å². The minimum atomic E-state index is 0.0767. The summed E-state index contributed by atoms with van der Waals surface area (Å²) in [6.45, 7) is 2.70. The molecule has 2 aliphatic carbocycles. The molecule has 0 spiro atoms. The molecule has 7 heteroatoms. The lowest BCUT2D eigenvalue weighted by Crippen LogP contribution is -2.41. The summed E-state index contributed by atoms with van der Waals surface area (Å²) in [5.74, 6) is 1.31. The maximum absolute atomic E-state index is 13.7. The van der Waals surface area contributed by atoms with Gasteiger partial charge in [-0.2, -0.15) is 5.26 Å². The molecule has 2 aromatic rings. The standard InChI is InChI=1S/C32H37N3O3S/c1-2-37-29-19-23(17-18-28(29)38-22-25-12-10-9-11-24(25)21-33)20-30-31(36)35(27-15-7-4-8-16-27)32(39-30)34-26-13-5-3-6-14-26/h9-12,17-20,26-27H,2-8,13-16,22H2,1H3. The van der Waals surface area contributed by atoms with Crippen LogP contribution >= 0.6 is 11.8 Å². The van der Waals surface area contributed by atoms with Gasteiger partial charge >= 0.3 is 0 Å². The van der Waals surface area contributed by atoms with Gasteiger partial charge in [-0.1, -0.05) is 62.8 Å². The van der Waals surface area contributed by atoms with Crippen molar-refractivity contribution in [2.75, 3.05) is 6.61 Å². The first kappa shape index (κ1) is 27.3. The van der Waals surface area contributed by atoms with Crippen molar-refractivity contribution in [3.8, 4) is 17.6 Å². The van der Waals surface area contributed by atoms with Crippen LogP contribution in [-0.2, 0) is 11.4 Å². The van der Waals surface area contributed by atoms with Crippen molar-refractivity contribution in [1.82, 2.24) is 4.90 Å². The highest BCUT2D eigenvalue weighted by Gasteiger charge is 2.39. The molecule has 3 fully saturated rings. The fraction of sp³-hybridized carbons (Fsp3) is 0.469. The monoisotopic (exact) mass is 543 g/mol. The number of rotatable bonds is 8. The number of carbonyl (C=O) groups is 1. The molecule has 5 rings (SSSR count). The molecular weight excluding hydrogens is 506 g/mol. The van der Waals surface area contributed by atoms with Crippen LogP contribution in [0.4, 0.5) is 0 Å². The Morgan fingerprint density at radius 3 is 2.49 bits per heavy atom. The molecule has 0 unspecified atom stereocenters. The van der Waals surface area contributed by atoms with E-state index in [4.69, 9.17) is 14.5 Å². The molecule has 1 saturated heterocycles. The number of ether oxygens (including phenoxy) is 2. The fourth-order valence-electron chi connectivity index (χ4n) is 5.67. The Bertz CT molecular complexity index is 1270. The maximum Gasteiger partial charge on any atom is 0.266 e. The Kier molecular flexibility index (Phi) is 9.26. The zero-order valence-electron chi connectivity index (χ0n) is 22.7. The van der Waals surface area contributed by atoms with Crippen molar-refractivity contribution in [2.24, 2.45) is 4.99 Å². The van der Waals surface area contributed by atoms with Gasteiger partial charge in [0.15, 0.2) is 16.7 Å². The molecular formula is C32H37N3O3S. The van der Waals surface area contributed by atoms with Crippen LogP contribution in [0.15, 0.2) is 52.4 Å². The summed E-state index contributed by atoms with van der Waals surface area (Å²) in [4.78, 5) is 21.6. The van der Waals surface area contributed by atoms with E-state index in [1.54, 1.807) is 6.07 Å². The van der Waals surface area contributed by atoms with Crippen LogP contribution < -0.4 is 9.47 Å². The smallest absolute Gasteiger partial charge is 0.266 e. The Hall–Kier alpha value is -3.24. The van der Waals surface area contributed by atoms with Crippen LogP contribution in [0.2, 0.25) is 0 Å². The molecule has 0 atom stereocenters. The molecule has 2 aromatic carbocycles. The summed E-state index contributed by atoms with van der Waals surface area (Å²) in [6.07, 6.45) is 13.6. The molecule has 2 saturated carbocycles. The van der Waals surface area contributed by atoms with Crippen LogP contribution in [0.25, 0.3) is 6.08 Å². The molecule has 1 aliphatic heterocycles. The average molecular weight is 544 g/mol. The van der Waals surface area contributed by atoms with Gasteiger partial charge in [-0.05, 0) is 74.2 Å². The van der Waals surface area contributed by atoms with Crippen molar-refractivity contribution >= 4 is 28.9 Å². The number of nitriles is 1. The number of amidine groups is 1. The van der Waals surface area contributed by atoms with Crippen LogP contribution in [-0.4, -0.2) is 34.7 Å². The molecule has 0 N–H and O–H groups in total. The third-order valence-corrected chi connectivity index (χ3v) is 8.73. The van der Waals surface area contributed by atoms with Crippen molar-refractivity contribution in [3.63, 3.8) is 0 Å². The zero-order valence-corrected chi connectivity index (χ0v) is 23.5. The molecule has 6 nitrogen and oxygen atoms in total. The third kappa shape index (κ3) is 6.67. The average Bonchev–Trinajstić information content (AvgIpc) is 3.27. The summed E-state index contributed by atoms with van der Waals surface area (Å²) in [7, 11) is 0. The normalized spacial score (nSPS) is 20.9. The van der Waals surface area contributed by atoms with Crippen LogP contribution in [0.3, 0.4) is 0 Å². The van der Waals surface area contributed by atoms with Crippen molar-refractivity contribution in [2.45, 2.75) is 89.8 Å². The minimum Gasteiger partial charge on any atom is -0.490 e. The number of aliphatic imine (C=N–C) groups is 1. The Labute approximate surface area is 236 Å². The Morgan fingerprint density at radius 2 is 1.74 bits per heavy atom. The maximum atomic E-state index is 13.7. The van der Waals surface area contributed by atoms with Crippen LogP contribution in [0, 0.1) is 11.3 Å². The van der Waals surface area contributed by atoms with Gasteiger partial charge in [-0.15, -0.1) is 0 Å². The number of benzene rings is 2. The molecule has 0 radical (unpaired) electrons. The predicted molar refractivity (Wildman–Crippen MR) is 157 cm³/mol. The van der Waals surface area contributed by atoms with Gasteiger partial charge < -0.3 is 9.47 Å². The first-order valence-electron chi connectivity index (χ1n) is 14.3. The van der Waals surface area contributed by atoms with Crippen molar-refractivity contribution in [1.29, 1.82) is 5.26 Å². The van der Waals surface area contributed by atoms with Crippen molar-refractivity contribution in [3.05, 3.63) is 64.1 Å². The van der Waals surface area contributed by atoms with Gasteiger partial charge in [0.2, 0.25) is 0 Å². The largest absolute Gasteiger partial charge is 0.490 e. The minimum absolute atomic E-state index is 0.0767. The number of hydrogen-bond donors (Lipinski definition) is 0. The van der Waals surface area contributed by atoms with Gasteiger partial charge in [-0.3, -0.25) is 14.7 Å². The van der Waals surface area contributed by atoms with Gasteiger partial charge in [0, 0.05) is 11.6 Å². The number of amides is 1. The molecule has 1 amide bonds. The summed E-state index contributed by atoms with van der Waals surface area (Å²) < 4.78 is 12.0. The van der Waals surface area contributed by atoms with Gasteiger partial charge in [0.1, 0.15) is 6.61 Å². The van der Waals surface area contributed by atoms with Crippen LogP contribution in [0.1, 0.15) is 87.8 Å². The second-order valence-corrected chi connectivity index (χ2v) is 11.5. The number of carbonyl (C=O) groups excluding carboxylic acids is 1. The summed E-state index contributed by atoms with van der Waals surface area (Å²) in [6, 6.07) is 16.0. The summed E-state index contributed by atoms with van der Waals surface area (Å²) in [5.41, 5.74) is 2.32. The number of thioether (sulfide) groups is 1. The van der Waals surface area contributed by atoms with E-state index in [1.807, 2.05) is 54.3 Å². The molecule has 0 aromatic heterocycles. The SMILES string of the molecule is CCOc1cc(C=C2SC(=NC3CCCCC3)N(C3CCCCC3)C2=O)ccc1OCc1ccccc1C#N. The first-order chi connectivity index (χ1) is 19.2. The predicted octanol–water partition coefficient (Wildman–Crippen LogP) is 7.47. The van der Waals surface area contributed by atoms with E-state index in [0.717, 1.165) is 42.0 Å². The zero-order chi connectivity index (χ0) is 27.0. The highest BCUT2D eigenvalue weighted by Crippen LogP contribution is 2.39. The first-order valence-corrected chi connectivity index (χ1v) is 15.2. The van der Waals surface area contributed by atoms with Gasteiger partial charge in [0.25, 0.3) is 5.91 Å². The quantitative estimate of drug-likeness (QED) is 0.323. The Balaban J connectivity index is 1.38. The van der Waals surface area contributed by atoms with Crippen molar-refractivity contribution < 1.29 is 14.3 Å². The highest BCUT2D eigenvalue weighted by atomic mass is 32.2. The molecule has 0 bridgehead atoms.